The fraction of sp³-hybridized carbons (Fsp3) is 0.889. The topological polar surface area (TPSA) is 41.6 Å². The predicted octanol–water partition coefficient (Wildman–Crippen LogP) is -0.0584. The second kappa shape index (κ2) is 3.27. The Morgan fingerprint density at radius 2 is 2.31 bits per heavy atom. The molecule has 2 rings (SSSR count). The molecule has 0 spiro atoms. The van der Waals surface area contributed by atoms with E-state index in [-0.39, 0.29) is 24.2 Å². The van der Waals surface area contributed by atoms with Crippen LogP contribution in [0.4, 0.5) is 0 Å². The summed E-state index contributed by atoms with van der Waals surface area (Å²) < 4.78 is 5.45. The molecule has 0 aromatic heterocycles. The molecule has 2 aliphatic rings. The van der Waals surface area contributed by atoms with Crippen molar-refractivity contribution in [2.24, 2.45) is 0 Å². The second-order valence-electron chi connectivity index (χ2n) is 3.79. The first-order valence-electron chi connectivity index (χ1n) is 4.86. The molecule has 3 unspecified atom stereocenters. The molecule has 0 bridgehead atoms. The quantitative estimate of drug-likeness (QED) is 0.621. The van der Waals surface area contributed by atoms with Gasteiger partial charge in [-0.15, -0.1) is 0 Å². The number of hydrogen-bond donors (Lipinski definition) is 1. The summed E-state index contributed by atoms with van der Waals surface area (Å²) in [5.74, 6) is 0.204. The van der Waals surface area contributed by atoms with Crippen molar-refractivity contribution in [3.63, 3.8) is 0 Å². The Labute approximate surface area is 78.2 Å². The van der Waals surface area contributed by atoms with Crippen molar-refractivity contribution >= 4 is 5.91 Å². The van der Waals surface area contributed by atoms with Crippen LogP contribution in [0.3, 0.4) is 0 Å². The Balaban J connectivity index is 2.09. The van der Waals surface area contributed by atoms with Gasteiger partial charge in [0.25, 0.3) is 0 Å². The summed E-state index contributed by atoms with van der Waals surface area (Å²) in [7, 11) is 0. The third kappa shape index (κ3) is 1.44. The normalized spacial score (nSPS) is 40.3. The smallest absolute Gasteiger partial charge is 0.238 e. The highest BCUT2D eigenvalue weighted by Gasteiger charge is 2.38. The van der Waals surface area contributed by atoms with Crippen LogP contribution in [0.15, 0.2) is 0 Å². The summed E-state index contributed by atoms with van der Waals surface area (Å²) in [6.45, 7) is 5.32. The number of carbonyl (C=O) groups excluding carboxylic acids is 1. The highest BCUT2D eigenvalue weighted by Crippen LogP contribution is 2.22. The van der Waals surface area contributed by atoms with Gasteiger partial charge in [-0.2, -0.15) is 0 Å². The standard InChI is InChI=1S/C9H16N2O2/c1-6-8(3-4-13-6)11-7(2)10-5-9(11)12/h6-8,10H,3-5H2,1-2H3. The van der Waals surface area contributed by atoms with Crippen molar-refractivity contribution in [2.75, 3.05) is 13.2 Å². The molecule has 2 fully saturated rings. The Morgan fingerprint density at radius 3 is 2.77 bits per heavy atom. The molecule has 4 nitrogen and oxygen atoms in total. The van der Waals surface area contributed by atoms with E-state index in [4.69, 9.17) is 4.74 Å². The molecule has 4 heteroatoms. The number of ether oxygens (including phenoxy) is 1. The van der Waals surface area contributed by atoms with E-state index in [0.29, 0.717) is 6.54 Å². The van der Waals surface area contributed by atoms with Crippen molar-refractivity contribution in [3.05, 3.63) is 0 Å². The Hall–Kier alpha value is -0.610. The number of hydrogen-bond acceptors (Lipinski definition) is 3. The molecule has 0 saturated carbocycles. The second-order valence-corrected chi connectivity index (χ2v) is 3.79. The molecule has 1 N–H and O–H groups in total. The zero-order valence-electron chi connectivity index (χ0n) is 8.12. The van der Waals surface area contributed by atoms with Crippen LogP contribution in [-0.2, 0) is 9.53 Å². The monoisotopic (exact) mass is 184 g/mol. The van der Waals surface area contributed by atoms with Crippen molar-refractivity contribution < 1.29 is 9.53 Å². The molecule has 0 aromatic carbocycles. The first kappa shape index (κ1) is 8.97. The Kier molecular flexibility index (Phi) is 2.26. The molecule has 13 heavy (non-hydrogen) atoms. The lowest BCUT2D eigenvalue weighted by Crippen LogP contribution is -2.46. The van der Waals surface area contributed by atoms with Gasteiger partial charge in [0.1, 0.15) is 0 Å². The predicted molar refractivity (Wildman–Crippen MR) is 48.1 cm³/mol. The number of nitrogens with zero attached hydrogens (tertiary/aromatic N) is 1. The lowest BCUT2D eigenvalue weighted by atomic mass is 10.1. The molecule has 2 aliphatic heterocycles. The summed E-state index contributed by atoms with van der Waals surface area (Å²) in [5, 5.41) is 3.14. The van der Waals surface area contributed by atoms with E-state index in [1.54, 1.807) is 0 Å². The molecule has 2 saturated heterocycles. The van der Waals surface area contributed by atoms with Crippen molar-refractivity contribution in [1.82, 2.24) is 10.2 Å². The SMILES string of the molecule is CC1OCCC1N1C(=O)CNC1C. The van der Waals surface area contributed by atoms with E-state index in [1.807, 2.05) is 18.7 Å². The molecule has 3 atom stereocenters. The van der Waals surface area contributed by atoms with Gasteiger partial charge in [0.05, 0.1) is 24.9 Å². The van der Waals surface area contributed by atoms with Gasteiger partial charge in [0.2, 0.25) is 5.91 Å². The maximum atomic E-state index is 11.5. The summed E-state index contributed by atoms with van der Waals surface area (Å²) in [6.07, 6.45) is 1.33. The van der Waals surface area contributed by atoms with Crippen molar-refractivity contribution in [2.45, 2.75) is 38.6 Å². The maximum Gasteiger partial charge on any atom is 0.238 e. The van der Waals surface area contributed by atoms with Gasteiger partial charge < -0.3 is 9.64 Å². The van der Waals surface area contributed by atoms with Crippen LogP contribution in [0.1, 0.15) is 20.3 Å². The number of rotatable bonds is 1. The zero-order chi connectivity index (χ0) is 9.42. The summed E-state index contributed by atoms with van der Waals surface area (Å²) in [5.41, 5.74) is 0. The van der Waals surface area contributed by atoms with E-state index in [9.17, 15) is 4.79 Å². The molecule has 1 amide bonds. The average molecular weight is 184 g/mol. The fourth-order valence-corrected chi connectivity index (χ4v) is 2.20. The van der Waals surface area contributed by atoms with E-state index in [2.05, 4.69) is 5.32 Å². The third-order valence-electron chi connectivity index (χ3n) is 2.95. The van der Waals surface area contributed by atoms with E-state index in [1.165, 1.54) is 0 Å². The fourth-order valence-electron chi connectivity index (χ4n) is 2.20. The molecule has 0 aliphatic carbocycles. The Morgan fingerprint density at radius 1 is 1.54 bits per heavy atom. The highest BCUT2D eigenvalue weighted by molar-refractivity contribution is 5.81. The molecule has 74 valence electrons. The summed E-state index contributed by atoms with van der Waals surface area (Å²) >= 11 is 0. The lowest BCUT2D eigenvalue weighted by Gasteiger charge is -2.29. The summed E-state index contributed by atoms with van der Waals surface area (Å²) in [4.78, 5) is 13.5. The largest absolute Gasteiger partial charge is 0.376 e. The zero-order valence-corrected chi connectivity index (χ0v) is 8.12. The van der Waals surface area contributed by atoms with E-state index in [0.717, 1.165) is 13.0 Å². The van der Waals surface area contributed by atoms with Gasteiger partial charge >= 0.3 is 0 Å². The molecular formula is C9H16N2O2. The minimum absolute atomic E-state index is 0.168. The van der Waals surface area contributed by atoms with Crippen LogP contribution in [0.2, 0.25) is 0 Å². The van der Waals surface area contributed by atoms with Crippen molar-refractivity contribution in [3.8, 4) is 0 Å². The van der Waals surface area contributed by atoms with Gasteiger partial charge in [0, 0.05) is 6.61 Å². The number of carbonyl (C=O) groups is 1. The van der Waals surface area contributed by atoms with Crippen LogP contribution >= 0.6 is 0 Å². The van der Waals surface area contributed by atoms with Gasteiger partial charge in [-0.1, -0.05) is 0 Å². The van der Waals surface area contributed by atoms with Crippen LogP contribution < -0.4 is 5.32 Å². The van der Waals surface area contributed by atoms with Crippen LogP contribution in [-0.4, -0.2) is 42.3 Å². The molecule has 0 aromatic rings. The molecular weight excluding hydrogens is 168 g/mol. The average Bonchev–Trinajstić information content (AvgIpc) is 2.60. The first-order chi connectivity index (χ1) is 6.20. The van der Waals surface area contributed by atoms with Crippen LogP contribution in [0.25, 0.3) is 0 Å². The maximum absolute atomic E-state index is 11.5. The van der Waals surface area contributed by atoms with Gasteiger partial charge in [0.15, 0.2) is 0 Å². The van der Waals surface area contributed by atoms with Crippen molar-refractivity contribution in [1.29, 1.82) is 0 Å². The Bertz CT molecular complexity index is 220. The van der Waals surface area contributed by atoms with Gasteiger partial charge in [-0.25, -0.2) is 0 Å². The number of nitrogens with one attached hydrogen (secondary N) is 1. The van der Waals surface area contributed by atoms with E-state index < -0.39 is 0 Å². The first-order valence-corrected chi connectivity index (χ1v) is 4.86. The minimum Gasteiger partial charge on any atom is -0.376 e. The number of amides is 1. The minimum atomic E-state index is 0.168. The van der Waals surface area contributed by atoms with E-state index >= 15 is 0 Å². The third-order valence-corrected chi connectivity index (χ3v) is 2.95. The van der Waals surface area contributed by atoms with Gasteiger partial charge in [-0.05, 0) is 20.3 Å². The van der Waals surface area contributed by atoms with Gasteiger partial charge in [-0.3, -0.25) is 10.1 Å². The molecule has 2 heterocycles. The van der Waals surface area contributed by atoms with Crippen LogP contribution in [0, 0.1) is 0 Å². The summed E-state index contributed by atoms with van der Waals surface area (Å²) in [6, 6.07) is 0.275. The van der Waals surface area contributed by atoms with Crippen LogP contribution in [0.5, 0.6) is 0 Å². The highest BCUT2D eigenvalue weighted by atomic mass is 16.5. The molecule has 0 radical (unpaired) electrons. The lowest BCUT2D eigenvalue weighted by molar-refractivity contribution is -0.131.